The van der Waals surface area contributed by atoms with Crippen LogP contribution in [0.3, 0.4) is 0 Å². The van der Waals surface area contributed by atoms with Crippen LogP contribution in [0.1, 0.15) is 49.3 Å². The average molecular weight is 450 g/mol. The third kappa shape index (κ3) is 2.99. The Hall–Kier alpha value is -2.48. The lowest BCUT2D eigenvalue weighted by Gasteiger charge is -2.55. The monoisotopic (exact) mass is 449 g/mol. The van der Waals surface area contributed by atoms with Crippen LogP contribution < -0.4 is 0 Å². The fraction of sp³-hybridized carbons (Fsp3) is 0.400. The topological polar surface area (TPSA) is 67.2 Å². The standard InChI is InChI=1S/C25H27N3O3S/c29-19-12-14-27-23(24(19)30)25(31)26-13-6-5-11-21(26)28(27)22-17-8-2-1-7-16(17)15-32-20-10-4-3-9-18(20)22/h1-2,4,7-8,10,12,14,19,21-22,29-30H,3,5-6,9,11,13,15H2/t19?,21?,22-/m0/s1. The maximum Gasteiger partial charge on any atom is 0.276 e. The second kappa shape index (κ2) is 7.83. The lowest BCUT2D eigenvalue weighted by atomic mass is 9.88. The molecule has 0 radical (unpaired) electrons. The molecule has 0 saturated carbocycles. The summed E-state index contributed by atoms with van der Waals surface area (Å²) >= 11 is 1.89. The molecule has 4 aliphatic heterocycles. The van der Waals surface area contributed by atoms with Crippen molar-refractivity contribution in [2.75, 3.05) is 6.54 Å². The molecule has 6 nitrogen and oxygen atoms in total. The fourth-order valence-corrected chi connectivity index (χ4v) is 6.80. The summed E-state index contributed by atoms with van der Waals surface area (Å²) in [6.45, 7) is 0.666. The summed E-state index contributed by atoms with van der Waals surface area (Å²) in [5, 5.41) is 25.2. The van der Waals surface area contributed by atoms with Gasteiger partial charge in [-0.15, -0.1) is 11.8 Å². The number of aliphatic hydroxyl groups excluding tert-OH is 2. The first-order chi connectivity index (χ1) is 15.6. The van der Waals surface area contributed by atoms with Crippen LogP contribution in [0.15, 0.2) is 70.6 Å². The summed E-state index contributed by atoms with van der Waals surface area (Å²) in [5.74, 6) is 0.459. The zero-order chi connectivity index (χ0) is 21.8. The first-order valence-electron chi connectivity index (χ1n) is 11.4. The zero-order valence-corrected chi connectivity index (χ0v) is 18.7. The minimum atomic E-state index is -1.15. The predicted molar refractivity (Wildman–Crippen MR) is 124 cm³/mol. The van der Waals surface area contributed by atoms with E-state index in [1.165, 1.54) is 21.6 Å². The van der Waals surface area contributed by atoms with Crippen LogP contribution in [-0.2, 0) is 10.5 Å². The Kier molecular flexibility index (Phi) is 4.93. The van der Waals surface area contributed by atoms with Gasteiger partial charge in [-0.25, -0.2) is 0 Å². The minimum absolute atomic E-state index is 0.0393. The number of amides is 1. The number of piperidine rings is 1. The Labute approximate surface area is 192 Å². The molecule has 0 aromatic heterocycles. The summed E-state index contributed by atoms with van der Waals surface area (Å²) < 4.78 is 0. The van der Waals surface area contributed by atoms with Crippen LogP contribution in [-0.4, -0.2) is 49.9 Å². The van der Waals surface area contributed by atoms with Crippen molar-refractivity contribution in [2.24, 2.45) is 0 Å². The van der Waals surface area contributed by atoms with Crippen molar-refractivity contribution < 1.29 is 15.0 Å². The van der Waals surface area contributed by atoms with Gasteiger partial charge >= 0.3 is 0 Å². The highest BCUT2D eigenvalue weighted by molar-refractivity contribution is 8.02. The van der Waals surface area contributed by atoms with Crippen LogP contribution in [0.4, 0.5) is 0 Å². The van der Waals surface area contributed by atoms with Gasteiger partial charge in [-0.2, -0.15) is 5.01 Å². The Morgan fingerprint density at radius 3 is 2.94 bits per heavy atom. The highest BCUT2D eigenvalue weighted by atomic mass is 32.2. The van der Waals surface area contributed by atoms with Crippen molar-refractivity contribution in [3.05, 3.63) is 81.8 Å². The summed E-state index contributed by atoms with van der Waals surface area (Å²) in [6, 6.07) is 8.57. The number of hydrazine groups is 1. The lowest BCUT2D eigenvalue weighted by molar-refractivity contribution is -0.172. The Morgan fingerprint density at radius 1 is 1.16 bits per heavy atom. The molecule has 1 aliphatic carbocycles. The molecular weight excluding hydrogens is 422 g/mol. The van der Waals surface area contributed by atoms with Gasteiger partial charge in [0, 0.05) is 23.4 Å². The van der Waals surface area contributed by atoms with Gasteiger partial charge in [0.25, 0.3) is 5.91 Å². The number of hydrogen-bond donors (Lipinski definition) is 2. The summed E-state index contributed by atoms with van der Waals surface area (Å²) in [7, 11) is 0. The van der Waals surface area contributed by atoms with Crippen molar-refractivity contribution in [3.8, 4) is 0 Å². The molecule has 5 aliphatic rings. The van der Waals surface area contributed by atoms with Gasteiger partial charge < -0.3 is 15.1 Å². The van der Waals surface area contributed by atoms with E-state index in [1.54, 1.807) is 12.3 Å². The molecule has 1 aromatic rings. The molecule has 0 spiro atoms. The number of aliphatic hydroxyl groups is 2. The Bertz CT molecular complexity index is 1090. The van der Waals surface area contributed by atoms with E-state index in [2.05, 4.69) is 41.4 Å². The number of thioether (sulfide) groups is 1. The molecule has 32 heavy (non-hydrogen) atoms. The second-order valence-electron chi connectivity index (χ2n) is 8.94. The number of allylic oxidation sites excluding steroid dienone is 2. The van der Waals surface area contributed by atoms with Crippen LogP contribution in [0.2, 0.25) is 0 Å². The minimum Gasteiger partial charge on any atom is -0.507 e. The van der Waals surface area contributed by atoms with Gasteiger partial charge in [-0.1, -0.05) is 36.4 Å². The van der Waals surface area contributed by atoms with E-state index in [4.69, 9.17) is 0 Å². The summed E-state index contributed by atoms with van der Waals surface area (Å²) in [6.07, 6.45) is 11.5. The quantitative estimate of drug-likeness (QED) is 0.673. The van der Waals surface area contributed by atoms with Crippen LogP contribution in [0.25, 0.3) is 0 Å². The number of carbonyl (C=O) groups is 1. The largest absolute Gasteiger partial charge is 0.507 e. The van der Waals surface area contributed by atoms with Crippen molar-refractivity contribution in [1.82, 2.24) is 14.9 Å². The first kappa shape index (κ1) is 20.1. The molecule has 7 heteroatoms. The van der Waals surface area contributed by atoms with E-state index >= 15 is 0 Å². The molecule has 1 aromatic carbocycles. The van der Waals surface area contributed by atoms with Crippen molar-refractivity contribution in [3.63, 3.8) is 0 Å². The Balaban J connectivity index is 1.58. The van der Waals surface area contributed by atoms with E-state index < -0.39 is 6.10 Å². The second-order valence-corrected chi connectivity index (χ2v) is 9.96. The number of hydrogen-bond acceptors (Lipinski definition) is 6. The zero-order valence-electron chi connectivity index (χ0n) is 17.9. The highest BCUT2D eigenvalue weighted by Crippen LogP contribution is 2.49. The van der Waals surface area contributed by atoms with Gasteiger partial charge in [0.15, 0.2) is 11.5 Å². The Morgan fingerprint density at radius 2 is 2.03 bits per heavy atom. The smallest absolute Gasteiger partial charge is 0.276 e. The molecule has 166 valence electrons. The maximum atomic E-state index is 13.4. The third-order valence-electron chi connectivity index (χ3n) is 7.14. The molecule has 4 heterocycles. The van der Waals surface area contributed by atoms with E-state index in [9.17, 15) is 15.0 Å². The average Bonchev–Trinajstić information content (AvgIpc) is 2.99. The van der Waals surface area contributed by atoms with Crippen molar-refractivity contribution >= 4 is 17.7 Å². The molecule has 2 fully saturated rings. The lowest BCUT2D eigenvalue weighted by Crippen LogP contribution is -2.65. The van der Waals surface area contributed by atoms with E-state index in [-0.39, 0.29) is 29.6 Å². The molecule has 2 saturated heterocycles. The van der Waals surface area contributed by atoms with Crippen LogP contribution in [0.5, 0.6) is 0 Å². The number of benzene rings is 1. The van der Waals surface area contributed by atoms with E-state index in [0.29, 0.717) is 6.54 Å². The summed E-state index contributed by atoms with van der Waals surface area (Å²) in [4.78, 5) is 16.7. The molecule has 0 bridgehead atoms. The van der Waals surface area contributed by atoms with E-state index in [1.807, 2.05) is 21.7 Å². The fourth-order valence-electron chi connectivity index (χ4n) is 5.64. The van der Waals surface area contributed by atoms with Gasteiger partial charge in [0.1, 0.15) is 12.3 Å². The highest BCUT2D eigenvalue weighted by Gasteiger charge is 2.50. The molecule has 3 atom stereocenters. The normalized spacial score (nSPS) is 30.0. The van der Waals surface area contributed by atoms with Gasteiger partial charge in [-0.3, -0.25) is 9.80 Å². The first-order valence-corrected chi connectivity index (χ1v) is 12.4. The predicted octanol–water partition coefficient (Wildman–Crippen LogP) is 4.11. The van der Waals surface area contributed by atoms with Crippen molar-refractivity contribution in [2.45, 2.75) is 56.2 Å². The number of nitrogens with zero attached hydrogens (tertiary/aromatic N) is 3. The van der Waals surface area contributed by atoms with Crippen molar-refractivity contribution in [1.29, 1.82) is 0 Å². The van der Waals surface area contributed by atoms with Gasteiger partial charge in [0.2, 0.25) is 0 Å². The van der Waals surface area contributed by atoms with Crippen LogP contribution in [0, 0.1) is 0 Å². The van der Waals surface area contributed by atoms with Gasteiger partial charge in [-0.05, 0) is 54.9 Å². The molecule has 6 rings (SSSR count). The molecule has 2 N–H and O–H groups in total. The number of rotatable bonds is 1. The number of fused-ring (bicyclic) bond motifs is 3. The SMILES string of the molecule is O=C1C2=C(O)C(O)C=CN2N([C@@H]2C3=C(C=CCC3)SCc3ccccc32)C2CCCCN12. The van der Waals surface area contributed by atoms with Gasteiger partial charge in [0.05, 0.1) is 6.04 Å². The number of carbonyl (C=O) groups excluding carboxylic acids is 1. The van der Waals surface area contributed by atoms with Crippen LogP contribution >= 0.6 is 11.8 Å². The maximum absolute atomic E-state index is 13.4. The molecular formula is C25H27N3O3S. The third-order valence-corrected chi connectivity index (χ3v) is 8.31. The molecule has 2 unspecified atom stereocenters. The summed E-state index contributed by atoms with van der Waals surface area (Å²) in [5.41, 5.74) is 4.13. The van der Waals surface area contributed by atoms with E-state index in [0.717, 1.165) is 37.9 Å². The molecule has 1 amide bonds.